The number of Topliss-reactive ketones (excluding diaryl/α,β-unsaturated/α-hetero) is 1. The Morgan fingerprint density at radius 3 is 2.67 bits per heavy atom. The number of ether oxygens (including phenoxy) is 2. The van der Waals surface area contributed by atoms with Crippen molar-refractivity contribution in [1.82, 2.24) is 4.90 Å². The van der Waals surface area contributed by atoms with Gasteiger partial charge in [-0.2, -0.15) is 0 Å². The van der Waals surface area contributed by atoms with Crippen molar-refractivity contribution in [2.45, 2.75) is 96.6 Å². The molecule has 7 heteroatoms. The topological polar surface area (TPSA) is 93.1 Å². The van der Waals surface area contributed by atoms with Crippen LogP contribution in [0.3, 0.4) is 0 Å². The number of rotatable bonds is 1. The van der Waals surface area contributed by atoms with Crippen molar-refractivity contribution in [2.24, 2.45) is 39.9 Å². The molecule has 0 amide bonds. The lowest BCUT2D eigenvalue weighted by molar-refractivity contribution is -0.379. The third kappa shape index (κ3) is 2.49. The molecule has 36 heavy (non-hydrogen) atoms. The molecule has 7 nitrogen and oxygen atoms in total. The molecular formula is C29H39NO6. The molecule has 0 unspecified atom stereocenters. The number of ketones is 2. The molecule has 1 spiro atoms. The molecule has 6 fully saturated rings. The minimum atomic E-state index is -0.889. The van der Waals surface area contributed by atoms with Crippen molar-refractivity contribution in [3.63, 3.8) is 0 Å². The second-order valence-corrected chi connectivity index (χ2v) is 14.1. The highest BCUT2D eigenvalue weighted by Gasteiger charge is 2.82. The monoisotopic (exact) mass is 497 g/mol. The Hall–Kier alpha value is -1.57. The van der Waals surface area contributed by atoms with Gasteiger partial charge in [0.2, 0.25) is 0 Å². The first-order chi connectivity index (χ1) is 16.9. The number of carbonyl (C=O) groups is 3. The first-order valence-electron chi connectivity index (χ1n) is 13.9. The number of carbonyl (C=O) groups excluding carboxylic acids is 3. The normalized spacial score (nSPS) is 55.6. The van der Waals surface area contributed by atoms with Crippen molar-refractivity contribution in [1.29, 1.82) is 0 Å². The van der Waals surface area contributed by atoms with E-state index in [1.165, 1.54) is 0 Å². The van der Waals surface area contributed by atoms with E-state index in [0.29, 0.717) is 13.0 Å². The lowest BCUT2D eigenvalue weighted by atomic mass is 9.34. The summed E-state index contributed by atoms with van der Waals surface area (Å²) in [4.78, 5) is 43.0. The summed E-state index contributed by atoms with van der Waals surface area (Å²) in [7, 11) is 0. The molecule has 0 aromatic heterocycles. The second kappa shape index (κ2) is 6.89. The van der Waals surface area contributed by atoms with Gasteiger partial charge in [-0.3, -0.25) is 14.4 Å². The maximum absolute atomic E-state index is 14.0. The van der Waals surface area contributed by atoms with Gasteiger partial charge >= 0.3 is 5.97 Å². The predicted octanol–water partition coefficient (Wildman–Crippen LogP) is 3.39. The van der Waals surface area contributed by atoms with Gasteiger partial charge in [0.05, 0.1) is 12.5 Å². The molecule has 196 valence electrons. The van der Waals surface area contributed by atoms with Gasteiger partial charge in [0.15, 0.2) is 11.5 Å². The number of hydrogen-bond acceptors (Lipinski definition) is 7. The Kier molecular flexibility index (Phi) is 4.51. The summed E-state index contributed by atoms with van der Waals surface area (Å²) in [5.74, 6) is -0.311. The van der Waals surface area contributed by atoms with Crippen molar-refractivity contribution in [3.05, 3.63) is 11.6 Å². The summed E-state index contributed by atoms with van der Waals surface area (Å²) >= 11 is 0. The molecule has 4 saturated heterocycles. The number of esters is 1. The van der Waals surface area contributed by atoms with Crippen LogP contribution in [0.4, 0.5) is 0 Å². The second-order valence-electron chi connectivity index (χ2n) is 14.1. The average molecular weight is 498 g/mol. The van der Waals surface area contributed by atoms with E-state index < -0.39 is 27.7 Å². The molecule has 4 bridgehead atoms. The van der Waals surface area contributed by atoms with Gasteiger partial charge in [-0.25, -0.2) is 4.90 Å². The highest BCUT2D eigenvalue weighted by atomic mass is 16.6. The maximum Gasteiger partial charge on any atom is 0.308 e. The highest BCUT2D eigenvalue weighted by Crippen LogP contribution is 2.77. The average Bonchev–Trinajstić information content (AvgIpc) is 3.06. The van der Waals surface area contributed by atoms with Gasteiger partial charge in [-0.05, 0) is 67.8 Å². The molecular weight excluding hydrogens is 458 g/mol. The SMILES string of the molecule is CC1=CC(=O)[C@H]2CC(=O)[C@H]3[C@@](C)(C[C@@]45OC(=O)C[C@]3(C)[C@]4(C)CC[C@]34C[C@@H](CO)C[C@H](CN35)O4)[C@@H]2C1. The number of aliphatic hydroxyl groups excluding tert-OH is 1. The highest BCUT2D eigenvalue weighted by molar-refractivity contribution is 5.99. The van der Waals surface area contributed by atoms with Crippen LogP contribution in [-0.4, -0.2) is 58.2 Å². The minimum Gasteiger partial charge on any atom is -0.443 e. The first-order valence-corrected chi connectivity index (χ1v) is 13.9. The zero-order chi connectivity index (χ0) is 25.5. The number of aliphatic hydroxyl groups is 1. The van der Waals surface area contributed by atoms with Crippen LogP contribution in [0.2, 0.25) is 0 Å². The van der Waals surface area contributed by atoms with E-state index in [1.807, 2.05) is 6.92 Å². The molecule has 4 heterocycles. The van der Waals surface area contributed by atoms with Crippen LogP contribution in [0.5, 0.6) is 0 Å². The lowest BCUT2D eigenvalue weighted by Crippen LogP contribution is -2.82. The molecule has 1 N–H and O–H groups in total. The van der Waals surface area contributed by atoms with Crippen molar-refractivity contribution in [3.8, 4) is 0 Å². The first kappa shape index (κ1) is 23.5. The zero-order valence-corrected chi connectivity index (χ0v) is 22.0. The molecule has 3 aliphatic carbocycles. The van der Waals surface area contributed by atoms with Crippen LogP contribution in [0.25, 0.3) is 0 Å². The number of allylic oxidation sites excluding steroid dienone is 2. The molecule has 0 aromatic carbocycles. The summed E-state index contributed by atoms with van der Waals surface area (Å²) < 4.78 is 13.3. The predicted molar refractivity (Wildman–Crippen MR) is 129 cm³/mol. The Balaban J connectivity index is 1.43. The fourth-order valence-electron chi connectivity index (χ4n) is 11.0. The number of nitrogens with zero attached hydrogens (tertiary/aromatic N) is 1. The van der Waals surface area contributed by atoms with Crippen molar-refractivity contribution < 1.29 is 29.0 Å². The van der Waals surface area contributed by atoms with E-state index in [4.69, 9.17) is 9.47 Å². The molecule has 7 aliphatic rings. The maximum atomic E-state index is 14.0. The van der Waals surface area contributed by atoms with Gasteiger partial charge in [-0.1, -0.05) is 26.3 Å². The Bertz CT molecular complexity index is 1120. The quantitative estimate of drug-likeness (QED) is 0.555. The van der Waals surface area contributed by atoms with Gasteiger partial charge in [0.1, 0.15) is 11.5 Å². The number of piperidine rings is 1. The Labute approximate surface area is 212 Å². The van der Waals surface area contributed by atoms with Crippen LogP contribution < -0.4 is 0 Å². The minimum absolute atomic E-state index is 0.00668. The Morgan fingerprint density at radius 2 is 1.92 bits per heavy atom. The van der Waals surface area contributed by atoms with Gasteiger partial charge in [0.25, 0.3) is 0 Å². The summed E-state index contributed by atoms with van der Waals surface area (Å²) in [6.45, 7) is 9.50. The van der Waals surface area contributed by atoms with Crippen LogP contribution in [0.15, 0.2) is 11.6 Å². The summed E-state index contributed by atoms with van der Waals surface area (Å²) in [5, 5.41) is 10.1. The van der Waals surface area contributed by atoms with Gasteiger partial charge in [0, 0.05) is 43.2 Å². The fourth-order valence-corrected chi connectivity index (χ4v) is 11.0. The number of hydrogen-bond donors (Lipinski definition) is 1. The van der Waals surface area contributed by atoms with E-state index in [2.05, 4.69) is 25.7 Å². The van der Waals surface area contributed by atoms with E-state index in [9.17, 15) is 19.5 Å². The largest absolute Gasteiger partial charge is 0.443 e. The third-order valence-electron chi connectivity index (χ3n) is 12.4. The van der Waals surface area contributed by atoms with Gasteiger partial charge < -0.3 is 14.6 Å². The zero-order valence-electron chi connectivity index (χ0n) is 22.0. The molecule has 2 saturated carbocycles. The third-order valence-corrected chi connectivity index (χ3v) is 12.4. The summed E-state index contributed by atoms with van der Waals surface area (Å²) in [5.41, 5.74) is -1.80. The lowest BCUT2D eigenvalue weighted by Gasteiger charge is -2.76. The van der Waals surface area contributed by atoms with Gasteiger partial charge in [-0.15, -0.1) is 0 Å². The van der Waals surface area contributed by atoms with Crippen LogP contribution >= 0.6 is 0 Å². The van der Waals surface area contributed by atoms with Crippen LogP contribution in [0.1, 0.15) is 79.1 Å². The van der Waals surface area contributed by atoms with E-state index in [-0.39, 0.29) is 66.8 Å². The Morgan fingerprint density at radius 1 is 1.14 bits per heavy atom. The molecule has 4 aliphatic heterocycles. The van der Waals surface area contributed by atoms with Crippen LogP contribution in [-0.2, 0) is 23.9 Å². The standard InChI is InChI=1S/C29H39NO6/c1-16-7-20-19(21(32)8-16)10-22(33)24-25(20,2)15-29-27(4,26(24,3)12-23(34)36-29)5-6-28-11-17(14-31)9-18(35-28)13-30(28)29/h8,17-20,24,31H,5-7,9-15H2,1-4H3/t17-,18+,19-,20+,24-,25-,26-,27-,28-,29+/m0/s1. The molecule has 0 aromatic rings. The van der Waals surface area contributed by atoms with Crippen molar-refractivity contribution in [2.75, 3.05) is 13.2 Å². The smallest absolute Gasteiger partial charge is 0.308 e. The van der Waals surface area contributed by atoms with Crippen molar-refractivity contribution >= 4 is 17.5 Å². The van der Waals surface area contributed by atoms with E-state index in [0.717, 1.165) is 37.7 Å². The van der Waals surface area contributed by atoms with Crippen LogP contribution in [0, 0.1) is 39.9 Å². The van der Waals surface area contributed by atoms with E-state index in [1.54, 1.807) is 6.08 Å². The summed E-state index contributed by atoms with van der Waals surface area (Å²) in [6, 6.07) is 0. The fraction of sp³-hybridized carbons (Fsp3) is 0.828. The number of fused-ring (bicyclic) bond motifs is 5. The molecule has 10 atom stereocenters. The van der Waals surface area contributed by atoms with E-state index >= 15 is 0 Å². The summed E-state index contributed by atoms with van der Waals surface area (Å²) in [6.07, 6.45) is 6.81. The molecule has 7 rings (SSSR count). The molecule has 0 radical (unpaired) electrons.